The third-order valence-corrected chi connectivity index (χ3v) is 5.83. The van der Waals surface area contributed by atoms with Gasteiger partial charge in [0.25, 0.3) is 0 Å². The van der Waals surface area contributed by atoms with Gasteiger partial charge < -0.3 is 23.7 Å². The van der Waals surface area contributed by atoms with E-state index in [9.17, 15) is 4.79 Å². The average molecular weight is 498 g/mol. The van der Waals surface area contributed by atoms with Crippen LogP contribution in [0.15, 0.2) is 60.7 Å². The molecule has 0 saturated carbocycles. The normalized spacial score (nSPS) is 16.9. The van der Waals surface area contributed by atoms with E-state index in [1.807, 2.05) is 30.3 Å². The highest BCUT2D eigenvalue weighted by Gasteiger charge is 2.40. The Labute approximate surface area is 209 Å². The van der Waals surface area contributed by atoms with Gasteiger partial charge >= 0.3 is 6.09 Å². The van der Waals surface area contributed by atoms with E-state index in [-0.39, 0.29) is 18.1 Å². The summed E-state index contributed by atoms with van der Waals surface area (Å²) in [7, 11) is 3.32. The summed E-state index contributed by atoms with van der Waals surface area (Å²) in [5.41, 5.74) is 2.88. The summed E-state index contributed by atoms with van der Waals surface area (Å²) < 4.78 is 27.5. The number of anilines is 1. The molecular weight excluding hydrogens is 470 g/mol. The molecule has 35 heavy (non-hydrogen) atoms. The Balaban J connectivity index is 0.000000181. The Morgan fingerprint density at radius 2 is 1.66 bits per heavy atom. The summed E-state index contributed by atoms with van der Waals surface area (Å²) in [6.45, 7) is 4.19. The lowest BCUT2D eigenvalue weighted by Crippen LogP contribution is -2.23. The number of carbonyl (C=O) groups excluding carboxylic acids is 1. The predicted octanol–water partition coefficient (Wildman–Crippen LogP) is 6.61. The molecular formula is C27H28ClNO6. The summed E-state index contributed by atoms with van der Waals surface area (Å²) in [6.07, 6.45) is -0.599. The third-order valence-electron chi connectivity index (χ3n) is 5.60. The van der Waals surface area contributed by atoms with Crippen LogP contribution in [-0.4, -0.2) is 33.0 Å². The van der Waals surface area contributed by atoms with E-state index in [2.05, 4.69) is 11.4 Å². The number of methoxy groups -OCH3 is 2. The third kappa shape index (κ3) is 5.74. The standard InChI is InChI=1S/C17H16O4.C10H12ClNO2/c1-18-10-4-6-13-15(7-10)20-9-14-12-5-3-11(19-2)8-16(12)21-17(13)14;1-7(2)14-10(13)12-9-5-3-4-8(11)6-9/h3-8,14,17H,9H2,1-2H3;3-7H,1-2H3,(H,12,13). The first-order chi connectivity index (χ1) is 16.9. The number of hydrogen-bond acceptors (Lipinski definition) is 6. The van der Waals surface area contributed by atoms with Gasteiger partial charge in [0.2, 0.25) is 0 Å². The van der Waals surface area contributed by atoms with Crippen LogP contribution in [0, 0.1) is 0 Å². The van der Waals surface area contributed by atoms with E-state index in [1.54, 1.807) is 52.3 Å². The molecule has 2 heterocycles. The number of fused-ring (bicyclic) bond motifs is 5. The first-order valence-corrected chi connectivity index (χ1v) is 11.6. The van der Waals surface area contributed by atoms with E-state index in [4.69, 9.17) is 35.3 Å². The van der Waals surface area contributed by atoms with Crippen molar-refractivity contribution in [3.05, 3.63) is 76.8 Å². The topological polar surface area (TPSA) is 75.3 Å². The van der Waals surface area contributed by atoms with Gasteiger partial charge in [-0.1, -0.05) is 23.7 Å². The molecule has 3 aromatic rings. The van der Waals surface area contributed by atoms with Crippen molar-refractivity contribution in [2.45, 2.75) is 32.0 Å². The first kappa shape index (κ1) is 24.5. The average Bonchev–Trinajstić information content (AvgIpc) is 3.21. The predicted molar refractivity (Wildman–Crippen MR) is 134 cm³/mol. The van der Waals surface area contributed by atoms with E-state index in [1.165, 1.54) is 5.56 Å². The molecule has 1 N–H and O–H groups in total. The Bertz CT molecular complexity index is 1200. The maximum absolute atomic E-state index is 11.2. The highest BCUT2D eigenvalue weighted by Crippen LogP contribution is 2.52. The fourth-order valence-electron chi connectivity index (χ4n) is 4.00. The van der Waals surface area contributed by atoms with Crippen LogP contribution in [-0.2, 0) is 4.74 Å². The molecule has 0 saturated heterocycles. The van der Waals surface area contributed by atoms with Crippen molar-refractivity contribution in [2.75, 3.05) is 26.1 Å². The fraction of sp³-hybridized carbons (Fsp3) is 0.296. The van der Waals surface area contributed by atoms with E-state index >= 15 is 0 Å². The van der Waals surface area contributed by atoms with Gasteiger partial charge in [0, 0.05) is 34.0 Å². The Morgan fingerprint density at radius 3 is 2.31 bits per heavy atom. The fourth-order valence-corrected chi connectivity index (χ4v) is 4.19. The van der Waals surface area contributed by atoms with Crippen molar-refractivity contribution < 1.29 is 28.5 Å². The van der Waals surface area contributed by atoms with E-state index in [0.717, 1.165) is 28.6 Å². The number of amides is 1. The molecule has 2 aliphatic rings. The minimum Gasteiger partial charge on any atom is -0.497 e. The second-order valence-electron chi connectivity index (χ2n) is 8.35. The highest BCUT2D eigenvalue weighted by molar-refractivity contribution is 6.30. The van der Waals surface area contributed by atoms with Gasteiger partial charge in [0.05, 0.1) is 32.8 Å². The zero-order valence-corrected chi connectivity index (χ0v) is 20.8. The summed E-state index contributed by atoms with van der Waals surface area (Å²) >= 11 is 5.74. The van der Waals surface area contributed by atoms with Crippen molar-refractivity contribution in [3.63, 3.8) is 0 Å². The smallest absolute Gasteiger partial charge is 0.411 e. The van der Waals surface area contributed by atoms with Gasteiger partial charge in [0.1, 0.15) is 29.1 Å². The van der Waals surface area contributed by atoms with E-state index < -0.39 is 6.09 Å². The second kappa shape index (κ2) is 10.8. The van der Waals surface area contributed by atoms with Crippen molar-refractivity contribution in [3.8, 4) is 23.0 Å². The molecule has 2 unspecified atom stereocenters. The van der Waals surface area contributed by atoms with E-state index in [0.29, 0.717) is 17.3 Å². The molecule has 0 radical (unpaired) electrons. The molecule has 0 spiro atoms. The lowest BCUT2D eigenvalue weighted by atomic mass is 9.89. The van der Waals surface area contributed by atoms with Gasteiger partial charge in [-0.25, -0.2) is 4.79 Å². The number of benzene rings is 3. The van der Waals surface area contributed by atoms with Crippen LogP contribution >= 0.6 is 11.6 Å². The number of halogens is 1. The molecule has 2 aliphatic heterocycles. The molecule has 0 aliphatic carbocycles. The summed E-state index contributed by atoms with van der Waals surface area (Å²) in [5, 5.41) is 3.14. The molecule has 1 amide bonds. The first-order valence-electron chi connectivity index (χ1n) is 11.3. The minimum atomic E-state index is -0.470. The molecule has 5 rings (SSSR count). The van der Waals surface area contributed by atoms with Gasteiger partial charge in [0.15, 0.2) is 0 Å². The second-order valence-corrected chi connectivity index (χ2v) is 8.79. The van der Waals surface area contributed by atoms with Crippen LogP contribution in [0.3, 0.4) is 0 Å². The molecule has 3 aromatic carbocycles. The van der Waals surface area contributed by atoms with Crippen LogP contribution in [0.2, 0.25) is 5.02 Å². The molecule has 0 fully saturated rings. The minimum absolute atomic E-state index is 0.00163. The Hall–Kier alpha value is -3.58. The lowest BCUT2D eigenvalue weighted by molar-refractivity contribution is 0.130. The maximum atomic E-state index is 11.2. The van der Waals surface area contributed by atoms with Crippen LogP contribution in [0.4, 0.5) is 10.5 Å². The molecule has 0 bridgehead atoms. The summed E-state index contributed by atoms with van der Waals surface area (Å²) in [6, 6.07) is 18.7. The van der Waals surface area contributed by atoms with Gasteiger partial charge in [-0.3, -0.25) is 5.32 Å². The van der Waals surface area contributed by atoms with Crippen molar-refractivity contribution >= 4 is 23.4 Å². The van der Waals surface area contributed by atoms with Crippen LogP contribution in [0.5, 0.6) is 23.0 Å². The van der Waals surface area contributed by atoms with Crippen LogP contribution < -0.4 is 24.3 Å². The molecule has 2 atom stereocenters. The number of hydrogen-bond donors (Lipinski definition) is 1. The molecule has 8 heteroatoms. The number of ether oxygens (including phenoxy) is 5. The zero-order chi connectivity index (χ0) is 24.9. The van der Waals surface area contributed by atoms with Crippen LogP contribution in [0.25, 0.3) is 0 Å². The molecule has 0 aromatic heterocycles. The quantitative estimate of drug-likeness (QED) is 0.437. The maximum Gasteiger partial charge on any atom is 0.411 e. The highest BCUT2D eigenvalue weighted by atomic mass is 35.5. The largest absolute Gasteiger partial charge is 0.497 e. The number of carbonyl (C=O) groups is 1. The Kier molecular flexibility index (Phi) is 7.56. The summed E-state index contributed by atoms with van der Waals surface area (Å²) in [4.78, 5) is 11.2. The molecule has 184 valence electrons. The SMILES string of the molecule is CC(C)OC(=O)Nc1cccc(Cl)c1.COc1ccc2c(c1)OC1c3ccc(OC)cc3OCC21. The van der Waals surface area contributed by atoms with Crippen molar-refractivity contribution in [1.29, 1.82) is 0 Å². The van der Waals surface area contributed by atoms with Gasteiger partial charge in [-0.05, 0) is 50.2 Å². The van der Waals surface area contributed by atoms with Crippen LogP contribution in [0.1, 0.15) is 37.0 Å². The lowest BCUT2D eigenvalue weighted by Gasteiger charge is -2.28. The monoisotopic (exact) mass is 497 g/mol. The zero-order valence-electron chi connectivity index (χ0n) is 20.0. The molecule has 7 nitrogen and oxygen atoms in total. The van der Waals surface area contributed by atoms with Gasteiger partial charge in [-0.2, -0.15) is 0 Å². The van der Waals surface area contributed by atoms with Crippen molar-refractivity contribution in [1.82, 2.24) is 0 Å². The summed E-state index contributed by atoms with van der Waals surface area (Å²) in [5.74, 6) is 3.56. The Morgan fingerprint density at radius 1 is 0.971 bits per heavy atom. The number of nitrogens with one attached hydrogen (secondary N) is 1. The number of rotatable bonds is 4. The van der Waals surface area contributed by atoms with Gasteiger partial charge in [-0.15, -0.1) is 0 Å². The van der Waals surface area contributed by atoms with Crippen molar-refractivity contribution in [2.24, 2.45) is 0 Å².